The zero-order chi connectivity index (χ0) is 14.6. The lowest BCUT2D eigenvalue weighted by Crippen LogP contribution is -2.52. The van der Waals surface area contributed by atoms with Crippen LogP contribution in [-0.2, 0) is 6.42 Å². The van der Waals surface area contributed by atoms with Gasteiger partial charge in [-0.1, -0.05) is 0 Å². The largest absolute Gasteiger partial charge is 0.327 e. The van der Waals surface area contributed by atoms with Crippen LogP contribution in [0.1, 0.15) is 57.7 Å². The summed E-state index contributed by atoms with van der Waals surface area (Å²) in [6, 6.07) is 2.92. The van der Waals surface area contributed by atoms with E-state index in [1.54, 1.807) is 0 Å². The van der Waals surface area contributed by atoms with Crippen molar-refractivity contribution in [3.05, 3.63) is 18.0 Å². The molecule has 0 spiro atoms. The third-order valence-electron chi connectivity index (χ3n) is 6.43. The van der Waals surface area contributed by atoms with Crippen LogP contribution >= 0.6 is 0 Å². The second kappa shape index (κ2) is 5.12. The lowest BCUT2D eigenvalue weighted by molar-refractivity contribution is -0.0466. The highest BCUT2D eigenvalue weighted by atomic mass is 15.3. The first-order valence-electron chi connectivity index (χ1n) is 8.89. The molecule has 2 N–H and O–H groups in total. The Kier molecular flexibility index (Phi) is 3.36. The van der Waals surface area contributed by atoms with E-state index in [1.807, 2.05) is 0 Å². The van der Waals surface area contributed by atoms with E-state index in [4.69, 9.17) is 10.8 Å². The highest BCUT2D eigenvalue weighted by molar-refractivity contribution is 5.07. The normalized spacial score (nSPS) is 39.1. The minimum Gasteiger partial charge on any atom is -0.327 e. The first-order valence-corrected chi connectivity index (χ1v) is 8.89. The second-order valence-electron chi connectivity index (χ2n) is 8.26. The molecule has 4 fully saturated rings. The number of nitrogens with zero attached hydrogens (tertiary/aromatic N) is 2. The Morgan fingerprint density at radius 2 is 1.76 bits per heavy atom. The minimum atomic E-state index is 0.315. The molecule has 4 aliphatic carbocycles. The van der Waals surface area contributed by atoms with Crippen molar-refractivity contribution in [2.75, 3.05) is 0 Å². The smallest absolute Gasteiger partial charge is 0.0640 e. The van der Waals surface area contributed by atoms with Crippen LogP contribution in [0.4, 0.5) is 0 Å². The van der Waals surface area contributed by atoms with Gasteiger partial charge in [0.2, 0.25) is 0 Å². The van der Waals surface area contributed by atoms with Gasteiger partial charge in [-0.2, -0.15) is 5.10 Å². The molecular formula is C18H29N3. The Hall–Kier alpha value is -0.830. The van der Waals surface area contributed by atoms with Crippen molar-refractivity contribution >= 4 is 0 Å². The van der Waals surface area contributed by atoms with Crippen molar-refractivity contribution in [2.24, 2.45) is 35.3 Å². The molecule has 21 heavy (non-hydrogen) atoms. The fraction of sp³-hybridized carbons (Fsp3) is 0.833. The predicted molar refractivity (Wildman–Crippen MR) is 84.8 cm³/mol. The van der Waals surface area contributed by atoms with Crippen LogP contribution in [0.25, 0.3) is 0 Å². The minimum absolute atomic E-state index is 0.315. The Morgan fingerprint density at radius 3 is 2.29 bits per heavy atom. The molecule has 3 nitrogen and oxygen atoms in total. The number of hydrogen-bond acceptors (Lipinski definition) is 2. The molecule has 4 saturated carbocycles. The van der Waals surface area contributed by atoms with Crippen LogP contribution in [0.2, 0.25) is 0 Å². The van der Waals surface area contributed by atoms with Gasteiger partial charge in [-0.05, 0) is 81.6 Å². The van der Waals surface area contributed by atoms with Crippen molar-refractivity contribution < 1.29 is 0 Å². The summed E-state index contributed by atoms with van der Waals surface area (Å²) in [5.41, 5.74) is 7.85. The van der Waals surface area contributed by atoms with Gasteiger partial charge in [-0.3, -0.25) is 4.68 Å². The molecule has 4 aliphatic rings. The van der Waals surface area contributed by atoms with Gasteiger partial charge in [0.15, 0.2) is 0 Å². The van der Waals surface area contributed by atoms with Crippen LogP contribution in [0.3, 0.4) is 0 Å². The van der Waals surface area contributed by atoms with E-state index in [1.165, 1.54) is 37.8 Å². The monoisotopic (exact) mass is 287 g/mol. The maximum absolute atomic E-state index is 6.67. The van der Waals surface area contributed by atoms with Gasteiger partial charge in [-0.25, -0.2) is 0 Å². The molecule has 0 aliphatic heterocycles. The van der Waals surface area contributed by atoms with E-state index in [-0.39, 0.29) is 0 Å². The van der Waals surface area contributed by atoms with Crippen LogP contribution in [0.5, 0.6) is 0 Å². The maximum atomic E-state index is 6.67. The summed E-state index contributed by atoms with van der Waals surface area (Å²) in [6.45, 7) is 4.35. The third-order valence-corrected chi connectivity index (χ3v) is 6.43. The summed E-state index contributed by atoms with van der Waals surface area (Å²) in [4.78, 5) is 0. The summed E-state index contributed by atoms with van der Waals surface area (Å²) in [6.07, 6.45) is 10.4. The second-order valence-corrected chi connectivity index (χ2v) is 8.26. The molecule has 0 amide bonds. The van der Waals surface area contributed by atoms with Crippen molar-refractivity contribution in [2.45, 2.75) is 64.5 Å². The van der Waals surface area contributed by atoms with E-state index in [0.29, 0.717) is 12.1 Å². The molecule has 1 aromatic heterocycles. The first kappa shape index (κ1) is 13.8. The van der Waals surface area contributed by atoms with Crippen LogP contribution in [0.15, 0.2) is 12.3 Å². The number of nitrogens with two attached hydrogens (primary N) is 1. The molecule has 0 aromatic carbocycles. The average molecular weight is 287 g/mol. The predicted octanol–water partition coefficient (Wildman–Crippen LogP) is 3.41. The zero-order valence-electron chi connectivity index (χ0n) is 13.4. The highest BCUT2D eigenvalue weighted by Gasteiger charge is 2.49. The molecule has 1 unspecified atom stereocenters. The Morgan fingerprint density at radius 1 is 1.14 bits per heavy atom. The Labute approximate surface area is 128 Å². The Bertz CT molecular complexity index is 476. The third kappa shape index (κ3) is 2.44. The topological polar surface area (TPSA) is 43.8 Å². The summed E-state index contributed by atoms with van der Waals surface area (Å²) < 4.78 is 2.05. The molecule has 1 atom stereocenters. The van der Waals surface area contributed by atoms with Gasteiger partial charge in [0.05, 0.1) is 5.69 Å². The van der Waals surface area contributed by atoms with Crippen molar-refractivity contribution in [3.8, 4) is 0 Å². The fourth-order valence-corrected chi connectivity index (χ4v) is 5.82. The van der Waals surface area contributed by atoms with Crippen molar-refractivity contribution in [1.82, 2.24) is 9.78 Å². The number of aromatic nitrogens is 2. The van der Waals surface area contributed by atoms with Crippen LogP contribution in [0, 0.1) is 29.6 Å². The molecule has 1 aromatic rings. The molecule has 5 rings (SSSR count). The first-order chi connectivity index (χ1) is 10.1. The van der Waals surface area contributed by atoms with Crippen molar-refractivity contribution in [1.29, 1.82) is 0 Å². The fourth-order valence-electron chi connectivity index (χ4n) is 5.82. The molecule has 3 heteroatoms. The molecular weight excluding hydrogens is 258 g/mol. The summed E-state index contributed by atoms with van der Waals surface area (Å²) in [5.74, 6) is 4.68. The molecule has 0 saturated heterocycles. The SMILES string of the molecule is CC(C)n1ccc(CC(N)C2C3CC4CC(C3)CC2C4)n1. The van der Waals surface area contributed by atoms with E-state index in [2.05, 4.69) is 30.8 Å². The Balaban J connectivity index is 1.46. The lowest BCUT2D eigenvalue weighted by Gasteiger charge is -2.56. The molecule has 0 radical (unpaired) electrons. The van der Waals surface area contributed by atoms with Crippen LogP contribution in [-0.4, -0.2) is 15.8 Å². The molecule has 116 valence electrons. The van der Waals surface area contributed by atoms with E-state index in [0.717, 1.165) is 36.0 Å². The van der Waals surface area contributed by atoms with Crippen molar-refractivity contribution in [3.63, 3.8) is 0 Å². The highest BCUT2D eigenvalue weighted by Crippen LogP contribution is 2.57. The van der Waals surface area contributed by atoms with E-state index >= 15 is 0 Å². The van der Waals surface area contributed by atoms with Gasteiger partial charge in [0, 0.05) is 24.7 Å². The standard InChI is InChI=1S/C18H29N3/c1-11(2)21-4-3-16(20-21)10-17(19)18-14-6-12-5-13(8-14)9-15(18)7-12/h3-4,11-15,17-18H,5-10,19H2,1-2H3. The lowest BCUT2D eigenvalue weighted by atomic mass is 9.50. The van der Waals surface area contributed by atoms with E-state index < -0.39 is 0 Å². The summed E-state index contributed by atoms with van der Waals surface area (Å²) in [7, 11) is 0. The zero-order valence-corrected chi connectivity index (χ0v) is 13.4. The summed E-state index contributed by atoms with van der Waals surface area (Å²) in [5, 5.41) is 4.70. The number of hydrogen-bond donors (Lipinski definition) is 1. The van der Waals surface area contributed by atoms with Gasteiger partial charge < -0.3 is 5.73 Å². The molecule has 1 heterocycles. The average Bonchev–Trinajstić information content (AvgIpc) is 2.86. The number of rotatable bonds is 4. The van der Waals surface area contributed by atoms with Gasteiger partial charge in [-0.15, -0.1) is 0 Å². The maximum Gasteiger partial charge on any atom is 0.0640 e. The quantitative estimate of drug-likeness (QED) is 0.922. The molecule has 4 bridgehead atoms. The van der Waals surface area contributed by atoms with Gasteiger partial charge in [0.1, 0.15) is 0 Å². The van der Waals surface area contributed by atoms with Gasteiger partial charge >= 0.3 is 0 Å². The van der Waals surface area contributed by atoms with Crippen LogP contribution < -0.4 is 5.73 Å². The van der Waals surface area contributed by atoms with E-state index in [9.17, 15) is 0 Å². The van der Waals surface area contributed by atoms with Gasteiger partial charge in [0.25, 0.3) is 0 Å². The summed E-state index contributed by atoms with van der Waals surface area (Å²) >= 11 is 0.